The van der Waals surface area contributed by atoms with Crippen molar-refractivity contribution in [1.82, 2.24) is 0 Å². The maximum Gasteiger partial charge on any atom is 0.148 e. The van der Waals surface area contributed by atoms with E-state index in [1.54, 1.807) is 12.1 Å². The molecule has 0 aromatic heterocycles. The van der Waals surface area contributed by atoms with E-state index in [0.29, 0.717) is 11.4 Å². The number of nitrogen functional groups attached to an aromatic ring is 1. The Labute approximate surface area is 113 Å². The number of aryl methyl sites for hydroxylation is 2. The number of para-hydroxylation sites is 2. The summed E-state index contributed by atoms with van der Waals surface area (Å²) in [6, 6.07) is 10.9. The van der Waals surface area contributed by atoms with Gasteiger partial charge in [0.05, 0.1) is 11.4 Å². The molecule has 19 heavy (non-hydrogen) atoms. The SMILES string of the molecule is CCc1cccc(CC)c1Nc1c(N)cccc1F. The molecule has 0 radical (unpaired) electrons. The third kappa shape index (κ3) is 2.70. The van der Waals surface area contributed by atoms with Gasteiger partial charge >= 0.3 is 0 Å². The first-order chi connectivity index (χ1) is 9.17. The summed E-state index contributed by atoms with van der Waals surface area (Å²) in [6.45, 7) is 4.18. The van der Waals surface area contributed by atoms with Gasteiger partial charge in [0.2, 0.25) is 0 Å². The van der Waals surface area contributed by atoms with Crippen molar-refractivity contribution in [2.45, 2.75) is 26.7 Å². The number of hydrogen-bond acceptors (Lipinski definition) is 2. The van der Waals surface area contributed by atoms with Crippen molar-refractivity contribution < 1.29 is 4.39 Å². The van der Waals surface area contributed by atoms with E-state index in [-0.39, 0.29) is 5.82 Å². The van der Waals surface area contributed by atoms with Gasteiger partial charge in [-0.25, -0.2) is 4.39 Å². The highest BCUT2D eigenvalue weighted by atomic mass is 19.1. The molecule has 100 valence electrons. The largest absolute Gasteiger partial charge is 0.397 e. The van der Waals surface area contributed by atoms with Crippen molar-refractivity contribution in [1.29, 1.82) is 0 Å². The maximum absolute atomic E-state index is 13.9. The number of halogens is 1. The second kappa shape index (κ2) is 5.74. The quantitative estimate of drug-likeness (QED) is 0.803. The Bertz CT molecular complexity index is 536. The van der Waals surface area contributed by atoms with E-state index < -0.39 is 0 Å². The Morgan fingerprint density at radius 2 is 1.53 bits per heavy atom. The molecule has 0 saturated heterocycles. The molecule has 3 N–H and O–H groups in total. The van der Waals surface area contributed by atoms with Crippen molar-refractivity contribution in [2.24, 2.45) is 0 Å². The summed E-state index contributed by atoms with van der Waals surface area (Å²) in [5.74, 6) is -0.326. The first-order valence-electron chi connectivity index (χ1n) is 6.59. The molecule has 2 rings (SSSR count). The zero-order chi connectivity index (χ0) is 13.8. The highest BCUT2D eigenvalue weighted by Crippen LogP contribution is 2.31. The third-order valence-electron chi connectivity index (χ3n) is 3.29. The molecule has 0 spiro atoms. The molecule has 0 unspecified atom stereocenters. The smallest absolute Gasteiger partial charge is 0.148 e. The van der Waals surface area contributed by atoms with Crippen LogP contribution in [0.15, 0.2) is 36.4 Å². The van der Waals surface area contributed by atoms with Gasteiger partial charge in [0.1, 0.15) is 5.82 Å². The van der Waals surface area contributed by atoms with Gasteiger partial charge in [-0.05, 0) is 36.1 Å². The molecule has 0 aliphatic carbocycles. The van der Waals surface area contributed by atoms with Crippen LogP contribution in [0.1, 0.15) is 25.0 Å². The minimum absolute atomic E-state index is 0.326. The molecule has 0 saturated carbocycles. The van der Waals surface area contributed by atoms with Crippen LogP contribution in [0.5, 0.6) is 0 Å². The predicted octanol–water partition coefficient (Wildman–Crippen LogP) is 4.28. The van der Waals surface area contributed by atoms with Crippen molar-refractivity contribution in [3.05, 3.63) is 53.3 Å². The lowest BCUT2D eigenvalue weighted by molar-refractivity contribution is 0.632. The normalized spacial score (nSPS) is 10.5. The van der Waals surface area contributed by atoms with Crippen LogP contribution < -0.4 is 11.1 Å². The number of nitrogens with two attached hydrogens (primary N) is 1. The fourth-order valence-corrected chi connectivity index (χ4v) is 2.20. The second-order valence-electron chi connectivity index (χ2n) is 4.49. The molecule has 0 amide bonds. The highest BCUT2D eigenvalue weighted by molar-refractivity contribution is 5.76. The molecular formula is C16H19FN2. The topological polar surface area (TPSA) is 38.0 Å². The van der Waals surface area contributed by atoms with Gasteiger partial charge in [0, 0.05) is 5.69 Å². The molecule has 0 aliphatic heterocycles. The Morgan fingerprint density at radius 3 is 2.05 bits per heavy atom. The van der Waals surface area contributed by atoms with Gasteiger partial charge in [-0.3, -0.25) is 0 Å². The fourth-order valence-electron chi connectivity index (χ4n) is 2.20. The van der Waals surface area contributed by atoms with E-state index in [1.807, 2.05) is 6.07 Å². The van der Waals surface area contributed by atoms with Gasteiger partial charge in [0.15, 0.2) is 0 Å². The summed E-state index contributed by atoms with van der Waals surface area (Å²) < 4.78 is 13.9. The van der Waals surface area contributed by atoms with Crippen LogP contribution >= 0.6 is 0 Å². The van der Waals surface area contributed by atoms with Crippen LogP contribution in [0.3, 0.4) is 0 Å². The van der Waals surface area contributed by atoms with Crippen LogP contribution in [0.25, 0.3) is 0 Å². The van der Waals surface area contributed by atoms with Gasteiger partial charge in [-0.2, -0.15) is 0 Å². The number of anilines is 3. The summed E-state index contributed by atoms with van der Waals surface area (Å²) in [4.78, 5) is 0. The zero-order valence-electron chi connectivity index (χ0n) is 11.3. The molecule has 0 aliphatic rings. The van der Waals surface area contributed by atoms with Gasteiger partial charge in [0.25, 0.3) is 0 Å². The Balaban J connectivity index is 2.48. The molecule has 2 aromatic carbocycles. The molecule has 0 fully saturated rings. The third-order valence-corrected chi connectivity index (χ3v) is 3.29. The molecule has 0 atom stereocenters. The van der Waals surface area contributed by atoms with E-state index in [0.717, 1.165) is 18.5 Å². The Hall–Kier alpha value is -2.03. The van der Waals surface area contributed by atoms with Crippen molar-refractivity contribution in [3.8, 4) is 0 Å². The number of benzene rings is 2. The van der Waals surface area contributed by atoms with E-state index in [1.165, 1.54) is 17.2 Å². The van der Waals surface area contributed by atoms with Crippen LogP contribution in [-0.4, -0.2) is 0 Å². The minimum atomic E-state index is -0.326. The highest BCUT2D eigenvalue weighted by Gasteiger charge is 2.11. The lowest BCUT2D eigenvalue weighted by atomic mass is 10.0. The van der Waals surface area contributed by atoms with E-state index in [2.05, 4.69) is 31.3 Å². The average Bonchev–Trinajstić information content (AvgIpc) is 2.42. The molecule has 0 bridgehead atoms. The maximum atomic E-state index is 13.9. The van der Waals surface area contributed by atoms with E-state index in [4.69, 9.17) is 5.73 Å². The monoisotopic (exact) mass is 258 g/mol. The fraction of sp³-hybridized carbons (Fsp3) is 0.250. The second-order valence-corrected chi connectivity index (χ2v) is 4.49. The van der Waals surface area contributed by atoms with Crippen molar-refractivity contribution in [3.63, 3.8) is 0 Å². The van der Waals surface area contributed by atoms with Gasteiger partial charge in [-0.1, -0.05) is 38.1 Å². The zero-order valence-corrected chi connectivity index (χ0v) is 11.3. The van der Waals surface area contributed by atoms with Crippen LogP contribution in [0, 0.1) is 5.82 Å². The summed E-state index contributed by atoms with van der Waals surface area (Å²) in [7, 11) is 0. The van der Waals surface area contributed by atoms with Gasteiger partial charge < -0.3 is 11.1 Å². The molecule has 2 nitrogen and oxygen atoms in total. The van der Waals surface area contributed by atoms with Crippen molar-refractivity contribution >= 4 is 17.1 Å². The molecular weight excluding hydrogens is 239 g/mol. The number of rotatable bonds is 4. The number of nitrogens with one attached hydrogen (secondary N) is 1. The molecule has 0 heterocycles. The summed E-state index contributed by atoms with van der Waals surface area (Å²) in [5, 5.41) is 3.18. The first-order valence-corrected chi connectivity index (χ1v) is 6.59. The standard InChI is InChI=1S/C16H19FN2/c1-3-11-7-5-8-12(4-2)15(11)19-16-13(17)9-6-10-14(16)18/h5-10,19H,3-4,18H2,1-2H3. The van der Waals surface area contributed by atoms with E-state index >= 15 is 0 Å². The van der Waals surface area contributed by atoms with Crippen LogP contribution in [-0.2, 0) is 12.8 Å². The first kappa shape index (κ1) is 13.4. The predicted molar refractivity (Wildman–Crippen MR) is 79.3 cm³/mol. The summed E-state index contributed by atoms with van der Waals surface area (Å²) >= 11 is 0. The summed E-state index contributed by atoms with van der Waals surface area (Å²) in [6.07, 6.45) is 1.79. The lowest BCUT2D eigenvalue weighted by Gasteiger charge is -2.17. The van der Waals surface area contributed by atoms with Gasteiger partial charge in [-0.15, -0.1) is 0 Å². The Morgan fingerprint density at radius 1 is 0.947 bits per heavy atom. The van der Waals surface area contributed by atoms with Crippen molar-refractivity contribution in [2.75, 3.05) is 11.1 Å². The van der Waals surface area contributed by atoms with E-state index in [9.17, 15) is 4.39 Å². The molecule has 3 heteroatoms. The number of hydrogen-bond donors (Lipinski definition) is 2. The van der Waals surface area contributed by atoms with Crippen LogP contribution in [0.4, 0.5) is 21.5 Å². The molecule has 2 aromatic rings. The average molecular weight is 258 g/mol. The summed E-state index contributed by atoms with van der Waals surface area (Å²) in [5.41, 5.74) is 9.95. The Kier molecular flexibility index (Phi) is 4.05. The van der Waals surface area contributed by atoms with Crippen LogP contribution in [0.2, 0.25) is 0 Å². The minimum Gasteiger partial charge on any atom is -0.397 e. The lowest BCUT2D eigenvalue weighted by Crippen LogP contribution is -2.04.